The number of piperazine rings is 1. The maximum atomic E-state index is 13.6. The average Bonchev–Trinajstić information content (AvgIpc) is 2.39. The first kappa shape index (κ1) is 15.1. The van der Waals surface area contributed by atoms with Crippen LogP contribution in [0.2, 0.25) is 0 Å². The molecule has 0 atom stereocenters. The minimum absolute atomic E-state index is 0.116. The molecule has 1 N–H and O–H groups in total. The van der Waals surface area contributed by atoms with E-state index in [1.165, 1.54) is 26.0 Å². The van der Waals surface area contributed by atoms with Crippen LogP contribution in [-0.4, -0.2) is 34.7 Å². The van der Waals surface area contributed by atoms with Gasteiger partial charge in [0.15, 0.2) is 11.6 Å². The first-order valence-corrected chi connectivity index (χ1v) is 6.31. The van der Waals surface area contributed by atoms with Crippen molar-refractivity contribution in [1.82, 2.24) is 10.2 Å². The quantitative estimate of drug-likeness (QED) is 0.820. The van der Waals surface area contributed by atoms with Gasteiger partial charge in [0.2, 0.25) is 11.8 Å². The van der Waals surface area contributed by atoms with Crippen LogP contribution < -0.4 is 5.32 Å². The number of hydrogen-bond donors (Lipinski definition) is 1. The van der Waals surface area contributed by atoms with E-state index in [4.69, 9.17) is 0 Å². The Balaban J connectivity index is 2.25. The van der Waals surface area contributed by atoms with Crippen LogP contribution in [0.1, 0.15) is 19.4 Å². The van der Waals surface area contributed by atoms with Gasteiger partial charge in [-0.05, 0) is 19.9 Å². The van der Waals surface area contributed by atoms with Crippen molar-refractivity contribution in [1.29, 1.82) is 0 Å². The molecule has 0 spiro atoms. The van der Waals surface area contributed by atoms with Crippen molar-refractivity contribution in [2.45, 2.75) is 25.8 Å². The average molecular weight is 296 g/mol. The monoisotopic (exact) mass is 296 g/mol. The number of carbonyl (C=O) groups is 3. The SMILES string of the molecule is CC1(C)C(=O)NC(=O)CN1C(=O)Cc1cccc(F)c1F. The lowest BCUT2D eigenvalue weighted by Crippen LogP contribution is -2.65. The van der Waals surface area contributed by atoms with E-state index in [1.807, 2.05) is 0 Å². The van der Waals surface area contributed by atoms with Gasteiger partial charge < -0.3 is 4.90 Å². The molecule has 3 amide bonds. The van der Waals surface area contributed by atoms with Crippen LogP contribution in [0.3, 0.4) is 0 Å². The minimum atomic E-state index is -1.23. The third kappa shape index (κ3) is 2.76. The molecule has 0 aliphatic carbocycles. The Bertz CT molecular complexity index is 629. The topological polar surface area (TPSA) is 66.5 Å². The van der Waals surface area contributed by atoms with Crippen LogP contribution >= 0.6 is 0 Å². The molecule has 0 radical (unpaired) electrons. The molecule has 21 heavy (non-hydrogen) atoms. The molecule has 0 saturated carbocycles. The molecule has 1 aromatic rings. The summed E-state index contributed by atoms with van der Waals surface area (Å²) in [5, 5.41) is 2.13. The summed E-state index contributed by atoms with van der Waals surface area (Å²) in [4.78, 5) is 36.5. The van der Waals surface area contributed by atoms with E-state index in [9.17, 15) is 23.2 Å². The van der Waals surface area contributed by atoms with E-state index in [0.29, 0.717) is 0 Å². The Labute approximate surface area is 119 Å². The fraction of sp³-hybridized carbons (Fsp3) is 0.357. The molecule has 1 aromatic carbocycles. The number of imide groups is 1. The molecule has 0 bridgehead atoms. The van der Waals surface area contributed by atoms with Crippen LogP contribution in [0.15, 0.2) is 18.2 Å². The lowest BCUT2D eigenvalue weighted by atomic mass is 9.97. The standard InChI is InChI=1S/C14H14F2N2O3/c1-14(2)13(21)17-10(19)7-18(14)11(20)6-8-4-3-5-9(15)12(8)16/h3-5H,6-7H2,1-2H3,(H,17,19,21). The van der Waals surface area contributed by atoms with Crippen molar-refractivity contribution >= 4 is 17.7 Å². The highest BCUT2D eigenvalue weighted by atomic mass is 19.2. The molecule has 0 unspecified atom stereocenters. The summed E-state index contributed by atoms with van der Waals surface area (Å²) >= 11 is 0. The molecule has 1 heterocycles. The van der Waals surface area contributed by atoms with Crippen LogP contribution in [0, 0.1) is 11.6 Å². The number of hydrogen-bond acceptors (Lipinski definition) is 3. The third-order valence-corrected chi connectivity index (χ3v) is 3.46. The number of nitrogens with zero attached hydrogens (tertiary/aromatic N) is 1. The Kier molecular flexibility index (Phi) is 3.76. The van der Waals surface area contributed by atoms with E-state index in [2.05, 4.69) is 5.32 Å². The molecular formula is C14H14F2N2O3. The number of nitrogens with one attached hydrogen (secondary N) is 1. The maximum absolute atomic E-state index is 13.6. The number of benzene rings is 1. The van der Waals surface area contributed by atoms with Gasteiger partial charge in [-0.15, -0.1) is 0 Å². The van der Waals surface area contributed by atoms with E-state index >= 15 is 0 Å². The smallest absolute Gasteiger partial charge is 0.252 e. The van der Waals surface area contributed by atoms with Crippen molar-refractivity contribution in [3.63, 3.8) is 0 Å². The third-order valence-electron chi connectivity index (χ3n) is 3.46. The summed E-state index contributed by atoms with van der Waals surface area (Å²) in [5.41, 5.74) is -1.34. The number of carbonyl (C=O) groups excluding carboxylic acids is 3. The summed E-state index contributed by atoms with van der Waals surface area (Å²) in [6.45, 7) is 2.66. The highest BCUT2D eigenvalue weighted by Gasteiger charge is 2.43. The van der Waals surface area contributed by atoms with Crippen LogP contribution in [0.5, 0.6) is 0 Å². The molecule has 1 fully saturated rings. The largest absolute Gasteiger partial charge is 0.319 e. The molecule has 5 nitrogen and oxygen atoms in total. The predicted molar refractivity (Wildman–Crippen MR) is 69.0 cm³/mol. The molecule has 1 aliphatic heterocycles. The maximum Gasteiger partial charge on any atom is 0.252 e. The van der Waals surface area contributed by atoms with Crippen molar-refractivity contribution in [3.05, 3.63) is 35.4 Å². The van der Waals surface area contributed by atoms with Gasteiger partial charge in [0.05, 0.1) is 6.42 Å². The fourth-order valence-electron chi connectivity index (χ4n) is 2.13. The second-order valence-electron chi connectivity index (χ2n) is 5.31. The fourth-order valence-corrected chi connectivity index (χ4v) is 2.13. The molecule has 1 aliphatic rings. The molecular weight excluding hydrogens is 282 g/mol. The van der Waals surface area contributed by atoms with E-state index in [-0.39, 0.29) is 12.1 Å². The van der Waals surface area contributed by atoms with Gasteiger partial charge >= 0.3 is 0 Å². The lowest BCUT2D eigenvalue weighted by molar-refractivity contribution is -0.155. The molecule has 112 valence electrons. The Morgan fingerprint density at radius 2 is 2.00 bits per heavy atom. The van der Waals surface area contributed by atoms with Gasteiger partial charge in [-0.1, -0.05) is 12.1 Å². The van der Waals surface area contributed by atoms with Gasteiger partial charge in [-0.3, -0.25) is 19.7 Å². The van der Waals surface area contributed by atoms with Crippen LogP contribution in [0.4, 0.5) is 8.78 Å². The predicted octanol–water partition coefficient (Wildman–Crippen LogP) is 0.771. The summed E-state index contributed by atoms with van der Waals surface area (Å²) in [6.07, 6.45) is -0.423. The van der Waals surface area contributed by atoms with E-state index in [0.717, 1.165) is 11.0 Å². The second kappa shape index (κ2) is 5.23. The number of rotatable bonds is 2. The summed E-state index contributed by atoms with van der Waals surface area (Å²) in [6, 6.07) is 3.53. The molecule has 7 heteroatoms. The normalized spacial score (nSPS) is 17.6. The van der Waals surface area contributed by atoms with Gasteiger partial charge in [-0.25, -0.2) is 8.78 Å². The van der Waals surface area contributed by atoms with Gasteiger partial charge in [0.25, 0.3) is 5.91 Å². The van der Waals surface area contributed by atoms with Gasteiger partial charge in [0.1, 0.15) is 12.1 Å². The molecule has 1 saturated heterocycles. The lowest BCUT2D eigenvalue weighted by Gasteiger charge is -2.40. The van der Waals surface area contributed by atoms with Crippen molar-refractivity contribution < 1.29 is 23.2 Å². The first-order valence-electron chi connectivity index (χ1n) is 6.31. The summed E-state index contributed by atoms with van der Waals surface area (Å²) < 4.78 is 26.7. The van der Waals surface area contributed by atoms with Crippen LogP contribution in [0.25, 0.3) is 0 Å². The Morgan fingerprint density at radius 3 is 2.67 bits per heavy atom. The highest BCUT2D eigenvalue weighted by Crippen LogP contribution is 2.21. The zero-order valence-corrected chi connectivity index (χ0v) is 11.6. The zero-order valence-electron chi connectivity index (χ0n) is 11.6. The highest BCUT2D eigenvalue weighted by molar-refractivity contribution is 6.06. The van der Waals surface area contributed by atoms with Crippen molar-refractivity contribution in [2.24, 2.45) is 0 Å². The molecule has 2 rings (SSSR count). The van der Waals surface area contributed by atoms with E-state index < -0.39 is 41.3 Å². The summed E-state index contributed by atoms with van der Waals surface area (Å²) in [5.74, 6) is -3.98. The minimum Gasteiger partial charge on any atom is -0.319 e. The second-order valence-corrected chi connectivity index (χ2v) is 5.31. The Hall–Kier alpha value is -2.31. The molecule has 0 aromatic heterocycles. The Morgan fingerprint density at radius 1 is 1.33 bits per heavy atom. The van der Waals surface area contributed by atoms with Gasteiger partial charge in [0, 0.05) is 5.56 Å². The number of amides is 3. The van der Waals surface area contributed by atoms with E-state index in [1.54, 1.807) is 0 Å². The van der Waals surface area contributed by atoms with Crippen molar-refractivity contribution in [2.75, 3.05) is 6.54 Å². The first-order chi connectivity index (χ1) is 9.73. The zero-order chi connectivity index (χ0) is 15.8. The van der Waals surface area contributed by atoms with Crippen LogP contribution in [-0.2, 0) is 20.8 Å². The van der Waals surface area contributed by atoms with Gasteiger partial charge in [-0.2, -0.15) is 0 Å². The summed E-state index contributed by atoms with van der Waals surface area (Å²) in [7, 11) is 0. The number of halogens is 2. The van der Waals surface area contributed by atoms with Crippen molar-refractivity contribution in [3.8, 4) is 0 Å².